The molecule has 4 aromatic carbocycles. The summed E-state index contributed by atoms with van der Waals surface area (Å²) in [7, 11) is 2.52. The molecule has 4 rings (SSSR count). The predicted octanol–water partition coefficient (Wildman–Crippen LogP) is 4.40. The van der Waals surface area contributed by atoms with E-state index >= 15 is 0 Å². The van der Waals surface area contributed by atoms with Crippen molar-refractivity contribution in [2.45, 2.75) is 32.0 Å². The molecule has 0 saturated heterocycles. The zero-order valence-corrected chi connectivity index (χ0v) is 29.3. The monoisotopic (exact) mass is 728 g/mol. The highest BCUT2D eigenvalue weighted by Crippen LogP contribution is 2.20. The molecule has 0 spiro atoms. The van der Waals surface area contributed by atoms with Crippen molar-refractivity contribution in [1.29, 1.82) is 0 Å². The number of carboxylic acids is 1. The number of aliphatic carboxylic acids is 1. The van der Waals surface area contributed by atoms with E-state index in [0.717, 1.165) is 11.1 Å². The van der Waals surface area contributed by atoms with E-state index in [4.69, 9.17) is 19.3 Å². The van der Waals surface area contributed by atoms with Gasteiger partial charge in [-0.25, -0.2) is 14.4 Å². The van der Waals surface area contributed by atoms with Crippen LogP contribution in [0.5, 0.6) is 11.5 Å². The van der Waals surface area contributed by atoms with Gasteiger partial charge in [0.2, 0.25) is 11.7 Å². The van der Waals surface area contributed by atoms with Crippen LogP contribution in [0.2, 0.25) is 0 Å². The molecule has 53 heavy (non-hydrogen) atoms. The van der Waals surface area contributed by atoms with Crippen LogP contribution in [0.25, 0.3) is 0 Å². The number of methoxy groups -OCH3 is 2. The van der Waals surface area contributed by atoms with Crippen LogP contribution in [0.1, 0.15) is 38.8 Å². The van der Waals surface area contributed by atoms with Crippen LogP contribution in [-0.2, 0) is 41.6 Å². The number of benzene rings is 4. The number of rotatable bonds is 16. The molecule has 0 saturated carbocycles. The molecule has 2 amide bonds. The number of carboxylic acid groups (broad SMARTS) is 1. The van der Waals surface area contributed by atoms with E-state index < -0.39 is 42.0 Å². The van der Waals surface area contributed by atoms with Gasteiger partial charge < -0.3 is 39.4 Å². The minimum Gasteiger partial charge on any atom is -0.485 e. The fourth-order valence-electron chi connectivity index (χ4n) is 4.44. The number of carbonyl (C=O) groups is 6. The predicted molar refractivity (Wildman–Crippen MR) is 190 cm³/mol. The fraction of sp³-hybridized carbons (Fsp3) is 0.231. The molecule has 4 aromatic rings. The zero-order valence-electron chi connectivity index (χ0n) is 29.3. The van der Waals surface area contributed by atoms with Gasteiger partial charge in [0.15, 0.2) is 13.2 Å². The molecular weight excluding hydrogens is 688 g/mol. The number of nitrogens with one attached hydrogen (secondary N) is 2. The number of hydrogen-bond donors (Lipinski definition) is 3. The van der Waals surface area contributed by atoms with Crippen LogP contribution in [0.3, 0.4) is 0 Å². The number of alkyl carbamates (subject to hydrolysis) is 1. The summed E-state index contributed by atoms with van der Waals surface area (Å²) >= 11 is 0. The molecule has 3 N–H and O–H groups in total. The second kappa shape index (κ2) is 21.5. The number of hydrogen-bond acceptors (Lipinski definition) is 11. The number of esters is 2. The normalized spacial score (nSPS) is 11.2. The molecule has 14 nitrogen and oxygen atoms in total. The number of amides is 2. The highest BCUT2D eigenvalue weighted by molar-refractivity contribution is 5.93. The fourth-order valence-corrected chi connectivity index (χ4v) is 4.44. The lowest BCUT2D eigenvalue weighted by Crippen LogP contribution is -2.51. The van der Waals surface area contributed by atoms with Crippen molar-refractivity contribution in [3.05, 3.63) is 131 Å². The van der Waals surface area contributed by atoms with Crippen molar-refractivity contribution < 1.29 is 57.6 Å². The van der Waals surface area contributed by atoms with Crippen molar-refractivity contribution in [3.8, 4) is 11.5 Å². The van der Waals surface area contributed by atoms with E-state index in [1.807, 2.05) is 60.7 Å². The molecule has 0 heterocycles. The Labute approximate surface area is 306 Å². The number of para-hydroxylation sites is 2. The molecule has 278 valence electrons. The summed E-state index contributed by atoms with van der Waals surface area (Å²) in [6.07, 6.45) is -0.544. The lowest BCUT2D eigenvalue weighted by molar-refractivity contribution is -0.141. The minimum atomic E-state index is -1.16. The topological polar surface area (TPSA) is 193 Å². The quantitative estimate of drug-likeness (QED) is 0.109. The smallest absolute Gasteiger partial charge is 0.408 e. The Hall–Kier alpha value is -6.70. The van der Waals surface area contributed by atoms with E-state index in [1.165, 1.54) is 33.3 Å². The van der Waals surface area contributed by atoms with Gasteiger partial charge in [0.05, 0.1) is 14.2 Å². The second-order valence-corrected chi connectivity index (χ2v) is 11.1. The standard InChI is InChI=1S/C20H22N2O5.C19H18O7/c1-14(19(24)25)21-18(23)17(12-15-8-4-2-5-9-15)22-20(26)27-13-16-10-6-3-7-11-16;1-23-18(21)14-7-3-5-9-16(14)25-11-13(20)12-26-17-10-6-4-8-15(17)19(22)24-2/h2-11,14,17H,12-13H2,1H3,(H,21,23)(H,22,26)(H,24,25);3-10H,11-12H2,1-2H3/t14-,17-;/m0./s1. The maximum absolute atomic E-state index is 12.4. The van der Waals surface area contributed by atoms with Crippen LogP contribution in [0, 0.1) is 0 Å². The van der Waals surface area contributed by atoms with Gasteiger partial charge in [0.25, 0.3) is 0 Å². The van der Waals surface area contributed by atoms with Crippen molar-refractivity contribution in [3.63, 3.8) is 0 Å². The van der Waals surface area contributed by atoms with Crippen LogP contribution in [-0.4, -0.2) is 80.3 Å². The number of Topliss-reactive ketones (excluding diaryl/α,β-unsaturated/α-hetero) is 1. The third kappa shape index (κ3) is 13.9. The average molecular weight is 729 g/mol. The third-order valence-electron chi connectivity index (χ3n) is 7.20. The van der Waals surface area contributed by atoms with Crippen molar-refractivity contribution in [2.24, 2.45) is 0 Å². The highest BCUT2D eigenvalue weighted by atomic mass is 16.6. The minimum absolute atomic E-state index is 0.0673. The lowest BCUT2D eigenvalue weighted by Gasteiger charge is -2.20. The Morgan fingerprint density at radius 1 is 0.623 bits per heavy atom. The molecule has 0 aliphatic rings. The summed E-state index contributed by atoms with van der Waals surface area (Å²) in [4.78, 5) is 70.8. The molecule has 0 aliphatic carbocycles. The molecule has 0 aliphatic heterocycles. The molecule has 0 aromatic heterocycles. The summed E-state index contributed by atoms with van der Waals surface area (Å²) in [5.74, 6) is -2.76. The summed E-state index contributed by atoms with van der Waals surface area (Å²) in [5.41, 5.74) is 2.08. The maximum atomic E-state index is 12.4. The molecule has 0 bridgehead atoms. The second-order valence-electron chi connectivity index (χ2n) is 11.1. The van der Waals surface area contributed by atoms with E-state index in [2.05, 4.69) is 20.1 Å². The van der Waals surface area contributed by atoms with Crippen LogP contribution >= 0.6 is 0 Å². The Balaban J connectivity index is 0.000000286. The molecular formula is C39H40N2O12. The molecule has 0 radical (unpaired) electrons. The Kier molecular flexibility index (Phi) is 16.5. The van der Waals surface area contributed by atoms with E-state index in [0.29, 0.717) is 0 Å². The Morgan fingerprint density at radius 2 is 1.08 bits per heavy atom. The van der Waals surface area contributed by atoms with Gasteiger partial charge in [-0.1, -0.05) is 84.9 Å². The Bertz CT molecular complexity index is 1770. The number of ether oxygens (including phenoxy) is 5. The third-order valence-corrected chi connectivity index (χ3v) is 7.20. The first-order valence-corrected chi connectivity index (χ1v) is 16.2. The van der Waals surface area contributed by atoms with Crippen molar-refractivity contribution >= 4 is 35.7 Å². The van der Waals surface area contributed by atoms with Crippen LogP contribution in [0.15, 0.2) is 109 Å². The zero-order chi connectivity index (χ0) is 38.6. The van der Waals surface area contributed by atoms with Crippen LogP contribution in [0.4, 0.5) is 4.79 Å². The lowest BCUT2D eigenvalue weighted by atomic mass is 10.1. The molecule has 2 atom stereocenters. The van der Waals surface area contributed by atoms with Gasteiger partial charge in [-0.3, -0.25) is 14.4 Å². The first kappa shape index (κ1) is 40.7. The summed E-state index contributed by atoms with van der Waals surface area (Å²) in [6, 6.07) is 29.1. The molecule has 0 unspecified atom stereocenters. The number of ketones is 1. The van der Waals surface area contributed by atoms with Gasteiger partial charge in [0, 0.05) is 6.42 Å². The van der Waals surface area contributed by atoms with Gasteiger partial charge in [-0.05, 0) is 42.3 Å². The average Bonchev–Trinajstić information content (AvgIpc) is 3.18. The number of carbonyl (C=O) groups excluding carboxylic acids is 5. The van der Waals surface area contributed by atoms with Gasteiger partial charge in [-0.15, -0.1) is 0 Å². The van der Waals surface area contributed by atoms with E-state index in [-0.39, 0.29) is 54.7 Å². The van der Waals surface area contributed by atoms with Gasteiger partial charge in [-0.2, -0.15) is 0 Å². The molecule has 14 heteroatoms. The van der Waals surface area contributed by atoms with Crippen molar-refractivity contribution in [1.82, 2.24) is 10.6 Å². The van der Waals surface area contributed by atoms with Gasteiger partial charge >= 0.3 is 24.0 Å². The first-order valence-electron chi connectivity index (χ1n) is 16.2. The van der Waals surface area contributed by atoms with E-state index in [1.54, 1.807) is 36.4 Å². The Morgan fingerprint density at radius 3 is 1.55 bits per heavy atom. The summed E-state index contributed by atoms with van der Waals surface area (Å²) < 4.78 is 25.3. The summed E-state index contributed by atoms with van der Waals surface area (Å²) in [6.45, 7) is 0.828. The van der Waals surface area contributed by atoms with E-state index in [9.17, 15) is 28.8 Å². The maximum Gasteiger partial charge on any atom is 0.408 e. The van der Waals surface area contributed by atoms with Crippen LogP contribution < -0.4 is 20.1 Å². The summed E-state index contributed by atoms with van der Waals surface area (Å²) in [5, 5.41) is 13.9. The van der Waals surface area contributed by atoms with Gasteiger partial charge in [0.1, 0.15) is 41.3 Å². The van der Waals surface area contributed by atoms with Crippen molar-refractivity contribution in [2.75, 3.05) is 27.4 Å². The highest BCUT2D eigenvalue weighted by Gasteiger charge is 2.25. The first-order chi connectivity index (χ1) is 25.5. The SMILES string of the molecule is COC(=O)c1ccccc1OCC(=O)COc1ccccc1C(=O)OC.C[C@H](NC(=O)[C@H](Cc1ccccc1)NC(=O)OCc1ccccc1)C(=O)O. The molecule has 0 fully saturated rings. The largest absolute Gasteiger partial charge is 0.485 e.